The molecule has 7 unspecified atom stereocenters. The summed E-state index contributed by atoms with van der Waals surface area (Å²) in [6.07, 6.45) is 17.1. The van der Waals surface area contributed by atoms with Gasteiger partial charge in [-0.3, -0.25) is 0 Å². The molecule has 3 fully saturated rings. The van der Waals surface area contributed by atoms with E-state index in [-0.39, 0.29) is 6.10 Å². The van der Waals surface area contributed by atoms with E-state index in [0.29, 0.717) is 10.8 Å². The predicted molar refractivity (Wildman–Crippen MR) is 129 cm³/mol. The number of hydrogen-bond acceptors (Lipinski definition) is 1. The fraction of sp³-hybridized carbons (Fsp3) is 0.793. The molecule has 4 rings (SSSR count). The van der Waals surface area contributed by atoms with Gasteiger partial charge in [-0.1, -0.05) is 57.9 Å². The van der Waals surface area contributed by atoms with Crippen molar-refractivity contribution in [2.75, 3.05) is 0 Å². The van der Waals surface area contributed by atoms with Crippen molar-refractivity contribution >= 4 is 0 Å². The standard InChI is InChI=1S/C27H40O.C2H6/c1-5-6-7-8-9-19(2)23-12-13-24-22-11-10-20-18-21(28)14-16-26(20,3)25(22)15-17-27(23,24)4;1-2/h10-11,19,21,23-25,28H,7-9,12-18H2,1-4H3;1-2H3. The van der Waals surface area contributed by atoms with E-state index in [0.717, 1.165) is 42.9 Å². The van der Waals surface area contributed by atoms with Crippen LogP contribution in [0.15, 0.2) is 23.3 Å². The predicted octanol–water partition coefficient (Wildman–Crippen LogP) is 7.70. The molecule has 1 nitrogen and oxygen atoms in total. The first-order valence-corrected chi connectivity index (χ1v) is 12.9. The van der Waals surface area contributed by atoms with E-state index in [9.17, 15) is 5.11 Å². The van der Waals surface area contributed by atoms with Crippen LogP contribution in [0.25, 0.3) is 0 Å². The van der Waals surface area contributed by atoms with Gasteiger partial charge in [0.15, 0.2) is 0 Å². The second kappa shape index (κ2) is 9.65. The molecule has 0 spiro atoms. The Labute approximate surface area is 186 Å². The monoisotopic (exact) mass is 410 g/mol. The van der Waals surface area contributed by atoms with Crippen molar-refractivity contribution in [3.8, 4) is 11.8 Å². The van der Waals surface area contributed by atoms with Gasteiger partial charge in [0, 0.05) is 6.42 Å². The van der Waals surface area contributed by atoms with Gasteiger partial charge in [0.2, 0.25) is 0 Å². The first-order chi connectivity index (χ1) is 14.4. The molecule has 0 aromatic heterocycles. The summed E-state index contributed by atoms with van der Waals surface area (Å²) in [7, 11) is 0. The number of fused-ring (bicyclic) bond motifs is 5. The van der Waals surface area contributed by atoms with E-state index in [1.54, 1.807) is 5.57 Å². The number of hydrogen-bond donors (Lipinski definition) is 1. The zero-order valence-corrected chi connectivity index (χ0v) is 20.6. The van der Waals surface area contributed by atoms with Gasteiger partial charge < -0.3 is 5.11 Å². The summed E-state index contributed by atoms with van der Waals surface area (Å²) in [5, 5.41) is 10.2. The average molecular weight is 411 g/mol. The third-order valence-electron chi connectivity index (χ3n) is 9.44. The normalized spacial score (nSPS) is 40.2. The van der Waals surface area contributed by atoms with Gasteiger partial charge in [0.1, 0.15) is 0 Å². The number of unbranched alkanes of at least 4 members (excludes halogenated alkanes) is 1. The van der Waals surface area contributed by atoms with Gasteiger partial charge in [-0.2, -0.15) is 0 Å². The van der Waals surface area contributed by atoms with Crippen LogP contribution in [0.4, 0.5) is 0 Å². The summed E-state index contributed by atoms with van der Waals surface area (Å²) in [4.78, 5) is 0. The molecule has 4 aliphatic carbocycles. The molecule has 0 saturated heterocycles. The highest BCUT2D eigenvalue weighted by Gasteiger charge is 2.56. The van der Waals surface area contributed by atoms with Gasteiger partial charge in [0.25, 0.3) is 0 Å². The third kappa shape index (κ3) is 4.07. The van der Waals surface area contributed by atoms with E-state index >= 15 is 0 Å². The summed E-state index contributed by atoms with van der Waals surface area (Å²) in [6, 6.07) is 0. The molecular weight excluding hydrogens is 364 g/mol. The van der Waals surface area contributed by atoms with Crippen molar-refractivity contribution in [3.63, 3.8) is 0 Å². The van der Waals surface area contributed by atoms with Crippen LogP contribution in [0.5, 0.6) is 0 Å². The molecule has 3 saturated carbocycles. The zero-order valence-electron chi connectivity index (χ0n) is 20.6. The van der Waals surface area contributed by atoms with Crippen molar-refractivity contribution in [1.82, 2.24) is 0 Å². The number of rotatable bonds is 4. The van der Waals surface area contributed by atoms with Crippen LogP contribution in [0.2, 0.25) is 0 Å². The van der Waals surface area contributed by atoms with Gasteiger partial charge in [-0.25, -0.2) is 0 Å². The Balaban J connectivity index is 0.00000124. The molecule has 0 aromatic carbocycles. The molecular formula is C29H46O. The van der Waals surface area contributed by atoms with E-state index in [2.05, 4.69) is 44.8 Å². The lowest BCUT2D eigenvalue weighted by Gasteiger charge is -2.55. The molecule has 0 aliphatic heterocycles. The van der Waals surface area contributed by atoms with Crippen molar-refractivity contribution < 1.29 is 5.11 Å². The van der Waals surface area contributed by atoms with Crippen molar-refractivity contribution in [1.29, 1.82) is 0 Å². The average Bonchev–Trinajstić information content (AvgIpc) is 3.10. The Bertz CT molecular complexity index is 718. The fourth-order valence-electron chi connectivity index (χ4n) is 7.80. The third-order valence-corrected chi connectivity index (χ3v) is 9.44. The molecule has 0 radical (unpaired) electrons. The smallest absolute Gasteiger partial charge is 0.0578 e. The number of aliphatic hydroxyl groups is 1. The van der Waals surface area contributed by atoms with E-state index in [4.69, 9.17) is 0 Å². The summed E-state index contributed by atoms with van der Waals surface area (Å²) in [6.45, 7) is 13.6. The summed E-state index contributed by atoms with van der Waals surface area (Å²) in [5.74, 6) is 9.50. The van der Waals surface area contributed by atoms with Crippen molar-refractivity contribution in [2.24, 2.45) is 34.5 Å². The van der Waals surface area contributed by atoms with Crippen LogP contribution in [0.3, 0.4) is 0 Å². The molecule has 7 atom stereocenters. The SMILES string of the molecule is CC.CC#CCCCC(C)C1CCC2C3=CC=C4CC(O)CCC4(C)C3CCC21C. The second-order valence-corrected chi connectivity index (χ2v) is 10.8. The molecule has 0 amide bonds. The lowest BCUT2D eigenvalue weighted by molar-refractivity contribution is 0.0325. The van der Waals surface area contributed by atoms with Crippen LogP contribution in [-0.4, -0.2) is 11.2 Å². The highest BCUT2D eigenvalue weighted by molar-refractivity contribution is 5.38. The number of aliphatic hydroxyl groups excluding tert-OH is 1. The minimum atomic E-state index is -0.114. The molecule has 0 heterocycles. The molecule has 30 heavy (non-hydrogen) atoms. The first kappa shape index (κ1) is 23.7. The Morgan fingerprint density at radius 2 is 1.83 bits per heavy atom. The van der Waals surface area contributed by atoms with Crippen LogP contribution < -0.4 is 0 Å². The first-order valence-electron chi connectivity index (χ1n) is 12.9. The van der Waals surface area contributed by atoms with Gasteiger partial charge in [-0.15, -0.1) is 11.8 Å². The molecule has 1 heteroatoms. The number of allylic oxidation sites excluding steroid dienone is 3. The highest BCUT2D eigenvalue weighted by Crippen LogP contribution is 2.66. The van der Waals surface area contributed by atoms with Crippen molar-refractivity contribution in [2.45, 2.75) is 112 Å². The van der Waals surface area contributed by atoms with Gasteiger partial charge >= 0.3 is 0 Å². The topological polar surface area (TPSA) is 20.2 Å². The fourth-order valence-corrected chi connectivity index (χ4v) is 7.80. The largest absolute Gasteiger partial charge is 0.393 e. The zero-order chi connectivity index (χ0) is 21.9. The van der Waals surface area contributed by atoms with E-state index in [1.165, 1.54) is 50.5 Å². The minimum Gasteiger partial charge on any atom is -0.393 e. The van der Waals surface area contributed by atoms with Crippen LogP contribution in [0.1, 0.15) is 106 Å². The molecule has 0 bridgehead atoms. The molecule has 168 valence electrons. The molecule has 0 aromatic rings. The quantitative estimate of drug-likeness (QED) is 0.372. The lowest BCUT2D eigenvalue weighted by Crippen LogP contribution is -2.46. The minimum absolute atomic E-state index is 0.114. The Morgan fingerprint density at radius 1 is 1.07 bits per heavy atom. The maximum absolute atomic E-state index is 10.2. The lowest BCUT2D eigenvalue weighted by atomic mass is 9.50. The summed E-state index contributed by atoms with van der Waals surface area (Å²) in [5.41, 5.74) is 4.12. The van der Waals surface area contributed by atoms with Crippen LogP contribution in [0, 0.1) is 46.3 Å². The Kier molecular flexibility index (Phi) is 7.61. The van der Waals surface area contributed by atoms with Crippen molar-refractivity contribution in [3.05, 3.63) is 23.3 Å². The molecule has 4 aliphatic rings. The second-order valence-electron chi connectivity index (χ2n) is 10.8. The van der Waals surface area contributed by atoms with Crippen LogP contribution >= 0.6 is 0 Å². The van der Waals surface area contributed by atoms with Gasteiger partial charge in [0.05, 0.1) is 6.10 Å². The van der Waals surface area contributed by atoms with E-state index in [1.807, 2.05) is 20.8 Å². The Hall–Kier alpha value is -1.00. The van der Waals surface area contributed by atoms with E-state index < -0.39 is 0 Å². The maximum Gasteiger partial charge on any atom is 0.0578 e. The van der Waals surface area contributed by atoms with Crippen LogP contribution in [-0.2, 0) is 0 Å². The van der Waals surface area contributed by atoms with Gasteiger partial charge in [-0.05, 0) is 99.2 Å². The highest BCUT2D eigenvalue weighted by atomic mass is 16.3. The molecule has 1 N–H and O–H groups in total. The Morgan fingerprint density at radius 3 is 2.57 bits per heavy atom. The summed E-state index contributed by atoms with van der Waals surface area (Å²) >= 11 is 0. The maximum atomic E-state index is 10.2. The summed E-state index contributed by atoms with van der Waals surface area (Å²) < 4.78 is 0.